The van der Waals surface area contributed by atoms with E-state index in [4.69, 9.17) is 25.2 Å². The lowest BCUT2D eigenvalue weighted by molar-refractivity contribution is -0.165. The summed E-state index contributed by atoms with van der Waals surface area (Å²) in [5, 5.41) is 39.3. The first kappa shape index (κ1) is 33.9. The van der Waals surface area contributed by atoms with Gasteiger partial charge < -0.3 is 35.8 Å². The number of carboxylic acid groups (broad SMARTS) is 2. The number of carbonyl (C=O) groups excluding carboxylic acids is 1. The fourth-order valence-electron chi connectivity index (χ4n) is 5.11. The fraction of sp³-hybridized carbons (Fsp3) is 0.250. The summed E-state index contributed by atoms with van der Waals surface area (Å²) in [7, 11) is 0. The second-order valence-corrected chi connectivity index (χ2v) is 10.9. The Bertz CT molecular complexity index is 1600. The maximum atomic E-state index is 12.7. The van der Waals surface area contributed by atoms with E-state index < -0.39 is 24.1 Å². The van der Waals surface area contributed by atoms with Gasteiger partial charge in [0.1, 0.15) is 12.4 Å². The van der Waals surface area contributed by atoms with E-state index in [1.807, 2.05) is 36.4 Å². The minimum absolute atomic E-state index is 0.00155. The molecular weight excluding hydrogens is 588 g/mol. The highest BCUT2D eigenvalue weighted by Gasteiger charge is 2.29. The molecule has 1 aliphatic heterocycles. The Morgan fingerprint density at radius 2 is 1.46 bits per heavy atom. The van der Waals surface area contributed by atoms with Crippen LogP contribution in [0, 0.1) is 0 Å². The molecule has 1 aliphatic rings. The standard InChI is InChI=1S/C32H32N2O2.C4H6O6/c1-23(24-10-4-2-5-11-24)33-19-18-28-20-27-21-29(16-17-31(27)32(35)34-28)36-22-26-14-8-9-15-30(26)25-12-6-3-7-13-25;5-1(3(7)8)2(6)4(9)10/h2-17,21,23,28,33H,18-20,22H2,1H3,(H,34,35);1-2,5-6H,(H,7,8)(H,9,10)/t;1-,2-/m.1/s1. The Morgan fingerprint density at radius 1 is 0.848 bits per heavy atom. The highest BCUT2D eigenvalue weighted by Crippen LogP contribution is 2.27. The lowest BCUT2D eigenvalue weighted by atomic mass is 9.93. The number of ether oxygens (including phenoxy) is 1. The van der Waals surface area contributed by atoms with Crippen molar-refractivity contribution in [1.29, 1.82) is 0 Å². The van der Waals surface area contributed by atoms with Gasteiger partial charge >= 0.3 is 11.9 Å². The first-order chi connectivity index (χ1) is 22.1. The van der Waals surface area contributed by atoms with Gasteiger partial charge in [0.15, 0.2) is 12.2 Å². The molecule has 4 aromatic rings. The van der Waals surface area contributed by atoms with E-state index >= 15 is 0 Å². The quantitative estimate of drug-likeness (QED) is 0.135. The van der Waals surface area contributed by atoms with Crippen molar-refractivity contribution in [1.82, 2.24) is 10.6 Å². The van der Waals surface area contributed by atoms with Crippen molar-refractivity contribution in [2.75, 3.05) is 6.54 Å². The maximum absolute atomic E-state index is 12.7. The molecule has 0 bridgehead atoms. The van der Waals surface area contributed by atoms with Crippen molar-refractivity contribution in [3.63, 3.8) is 0 Å². The van der Waals surface area contributed by atoms with E-state index in [1.54, 1.807) is 0 Å². The van der Waals surface area contributed by atoms with Gasteiger partial charge in [-0.3, -0.25) is 4.79 Å². The van der Waals surface area contributed by atoms with Gasteiger partial charge in [-0.15, -0.1) is 0 Å². The molecular formula is C36H38N2O8. The second kappa shape index (κ2) is 16.3. The average Bonchev–Trinajstić information content (AvgIpc) is 3.07. The van der Waals surface area contributed by atoms with Gasteiger partial charge in [0, 0.05) is 17.6 Å². The molecule has 10 heteroatoms. The van der Waals surface area contributed by atoms with Gasteiger partial charge in [-0.1, -0.05) is 84.9 Å². The van der Waals surface area contributed by atoms with Crippen molar-refractivity contribution in [2.24, 2.45) is 0 Å². The highest BCUT2D eigenvalue weighted by molar-refractivity contribution is 5.97. The molecule has 46 heavy (non-hydrogen) atoms. The molecule has 0 radical (unpaired) electrons. The van der Waals surface area contributed by atoms with E-state index in [-0.39, 0.29) is 18.0 Å². The smallest absolute Gasteiger partial charge is 0.335 e. The maximum Gasteiger partial charge on any atom is 0.335 e. The summed E-state index contributed by atoms with van der Waals surface area (Å²) in [5.74, 6) is -2.75. The van der Waals surface area contributed by atoms with Crippen LogP contribution >= 0.6 is 0 Å². The largest absolute Gasteiger partial charge is 0.489 e. The number of aliphatic carboxylic acids is 2. The molecule has 5 rings (SSSR count). The summed E-state index contributed by atoms with van der Waals surface area (Å²) in [6.45, 7) is 3.48. The highest BCUT2D eigenvalue weighted by atomic mass is 16.5. The fourth-order valence-corrected chi connectivity index (χ4v) is 5.11. The molecule has 0 aromatic heterocycles. The van der Waals surface area contributed by atoms with Gasteiger partial charge in [-0.05, 0) is 72.3 Å². The Hall–Kier alpha value is -5.03. The molecule has 4 aromatic carbocycles. The summed E-state index contributed by atoms with van der Waals surface area (Å²) in [5.41, 5.74) is 6.55. The Kier molecular flexibility index (Phi) is 12.0. The van der Waals surface area contributed by atoms with Crippen molar-refractivity contribution in [2.45, 2.75) is 50.7 Å². The van der Waals surface area contributed by atoms with Gasteiger partial charge in [-0.25, -0.2) is 9.59 Å². The second-order valence-electron chi connectivity index (χ2n) is 10.9. The van der Waals surface area contributed by atoms with Gasteiger partial charge in [-0.2, -0.15) is 0 Å². The summed E-state index contributed by atoms with van der Waals surface area (Å²) >= 11 is 0. The Balaban J connectivity index is 0.000000416. The lowest BCUT2D eigenvalue weighted by Gasteiger charge is -2.27. The van der Waals surface area contributed by atoms with Gasteiger partial charge in [0.25, 0.3) is 5.91 Å². The molecule has 1 amide bonds. The SMILES string of the molecule is CC(NCCC1Cc2cc(OCc3ccccc3-c3ccccc3)ccc2C(=O)N1)c1ccccc1.O=C(O)[C@H](O)[C@@H](O)C(=O)O. The number of carboxylic acids is 2. The van der Waals surface area contributed by atoms with Crippen molar-refractivity contribution >= 4 is 17.8 Å². The van der Waals surface area contributed by atoms with Crippen LogP contribution in [0.2, 0.25) is 0 Å². The number of aliphatic hydroxyl groups excluding tert-OH is 2. The molecule has 2 unspecified atom stereocenters. The zero-order chi connectivity index (χ0) is 33.1. The zero-order valence-corrected chi connectivity index (χ0v) is 25.4. The van der Waals surface area contributed by atoms with Crippen molar-refractivity contribution < 1.29 is 39.5 Å². The van der Waals surface area contributed by atoms with Crippen LogP contribution < -0.4 is 15.4 Å². The number of amides is 1. The van der Waals surface area contributed by atoms with Crippen LogP contribution in [0.1, 0.15) is 46.4 Å². The third-order valence-corrected chi connectivity index (χ3v) is 7.67. The predicted octanol–water partition coefficient (Wildman–Crippen LogP) is 4.21. The number of rotatable bonds is 12. The third-order valence-electron chi connectivity index (χ3n) is 7.67. The lowest BCUT2D eigenvalue weighted by Crippen LogP contribution is -2.43. The van der Waals surface area contributed by atoms with Crippen molar-refractivity contribution in [3.8, 4) is 16.9 Å². The van der Waals surface area contributed by atoms with E-state index in [1.165, 1.54) is 16.7 Å². The van der Waals surface area contributed by atoms with Gasteiger partial charge in [0.2, 0.25) is 0 Å². The number of hydrogen-bond acceptors (Lipinski definition) is 7. The summed E-state index contributed by atoms with van der Waals surface area (Å²) in [6, 6.07) is 35.3. The first-order valence-corrected chi connectivity index (χ1v) is 14.9. The molecule has 0 fully saturated rings. The molecule has 0 saturated carbocycles. The van der Waals surface area contributed by atoms with Crippen LogP contribution in [-0.4, -0.2) is 63.1 Å². The molecule has 0 spiro atoms. The monoisotopic (exact) mass is 626 g/mol. The molecule has 0 aliphatic carbocycles. The predicted molar refractivity (Wildman–Crippen MR) is 172 cm³/mol. The normalized spacial score (nSPS) is 15.6. The molecule has 4 atom stereocenters. The molecule has 1 heterocycles. The average molecular weight is 627 g/mol. The van der Waals surface area contributed by atoms with Crippen LogP contribution in [0.5, 0.6) is 5.75 Å². The van der Waals surface area contributed by atoms with Crippen molar-refractivity contribution in [3.05, 3.63) is 125 Å². The van der Waals surface area contributed by atoms with Crippen LogP contribution in [0.4, 0.5) is 0 Å². The number of benzene rings is 4. The number of carbonyl (C=O) groups is 3. The summed E-state index contributed by atoms with van der Waals surface area (Å²) in [4.78, 5) is 32.3. The molecule has 10 nitrogen and oxygen atoms in total. The van der Waals surface area contributed by atoms with E-state index in [0.717, 1.165) is 41.8 Å². The van der Waals surface area contributed by atoms with Crippen LogP contribution in [0.15, 0.2) is 103 Å². The third kappa shape index (κ3) is 9.24. The number of aliphatic hydroxyl groups is 2. The number of hydrogen-bond donors (Lipinski definition) is 6. The Labute approximate surface area is 267 Å². The Morgan fingerprint density at radius 3 is 2.11 bits per heavy atom. The van der Waals surface area contributed by atoms with Crippen LogP contribution in [0.3, 0.4) is 0 Å². The van der Waals surface area contributed by atoms with Crippen LogP contribution in [-0.2, 0) is 22.6 Å². The van der Waals surface area contributed by atoms with Crippen LogP contribution in [0.25, 0.3) is 11.1 Å². The van der Waals surface area contributed by atoms with E-state index in [0.29, 0.717) is 6.61 Å². The molecule has 6 N–H and O–H groups in total. The molecule has 0 saturated heterocycles. The summed E-state index contributed by atoms with van der Waals surface area (Å²) < 4.78 is 6.21. The summed E-state index contributed by atoms with van der Waals surface area (Å²) in [6.07, 6.45) is -2.85. The zero-order valence-electron chi connectivity index (χ0n) is 25.4. The minimum atomic E-state index is -2.27. The van der Waals surface area contributed by atoms with Gasteiger partial charge in [0.05, 0.1) is 0 Å². The van der Waals surface area contributed by atoms with E-state index in [2.05, 4.69) is 84.3 Å². The number of nitrogens with one attached hydrogen (secondary N) is 2. The molecule has 240 valence electrons. The van der Waals surface area contributed by atoms with E-state index in [9.17, 15) is 14.4 Å². The number of fused-ring (bicyclic) bond motifs is 1. The topological polar surface area (TPSA) is 165 Å². The minimum Gasteiger partial charge on any atom is -0.489 e. The first-order valence-electron chi connectivity index (χ1n) is 14.9.